The highest BCUT2D eigenvalue weighted by Gasteiger charge is 2.34. The molecular formula is C20H22N4O4S2. The number of aryl methyl sites for hydroxylation is 1. The molecule has 3 aromatic rings. The van der Waals surface area contributed by atoms with Crippen LogP contribution in [-0.4, -0.2) is 41.9 Å². The number of nitrogens with one attached hydrogen (secondary N) is 1. The van der Waals surface area contributed by atoms with Crippen LogP contribution in [0.2, 0.25) is 0 Å². The van der Waals surface area contributed by atoms with Crippen molar-refractivity contribution in [1.82, 2.24) is 14.4 Å². The van der Waals surface area contributed by atoms with Crippen molar-refractivity contribution in [2.75, 3.05) is 18.4 Å². The second kappa shape index (κ2) is 8.66. The van der Waals surface area contributed by atoms with E-state index in [0.717, 1.165) is 11.3 Å². The number of benzene rings is 1. The highest BCUT2D eigenvalue weighted by molar-refractivity contribution is 7.91. The number of carbonyl (C=O) groups excluding carboxylic acids is 1. The Labute approximate surface area is 179 Å². The van der Waals surface area contributed by atoms with Gasteiger partial charge in [-0.3, -0.25) is 4.79 Å². The van der Waals surface area contributed by atoms with Crippen LogP contribution in [-0.2, 0) is 21.2 Å². The van der Waals surface area contributed by atoms with Crippen LogP contribution in [0.4, 0.5) is 5.69 Å². The SMILES string of the molecule is CCc1nc(-c2csc(S(=O)(=O)N3CCC[C@H](C(=O)Nc4ccccc4)C3)c2)no1. The first-order valence-electron chi connectivity index (χ1n) is 9.75. The van der Waals surface area contributed by atoms with Gasteiger partial charge < -0.3 is 9.84 Å². The summed E-state index contributed by atoms with van der Waals surface area (Å²) in [6, 6.07) is 10.7. The molecule has 2 aromatic heterocycles. The number of aromatic nitrogens is 2. The van der Waals surface area contributed by atoms with E-state index in [9.17, 15) is 13.2 Å². The number of rotatable bonds is 6. The third kappa shape index (κ3) is 4.30. The highest BCUT2D eigenvalue weighted by atomic mass is 32.2. The molecule has 0 saturated carbocycles. The Kier molecular flexibility index (Phi) is 5.98. The Bertz CT molecular complexity index is 1120. The summed E-state index contributed by atoms with van der Waals surface area (Å²) in [6.45, 7) is 2.46. The summed E-state index contributed by atoms with van der Waals surface area (Å²) in [4.78, 5) is 16.9. The van der Waals surface area contributed by atoms with Gasteiger partial charge in [-0.05, 0) is 31.0 Å². The Morgan fingerprint density at radius 1 is 1.33 bits per heavy atom. The first-order valence-corrected chi connectivity index (χ1v) is 12.1. The maximum absolute atomic E-state index is 13.2. The number of carbonyl (C=O) groups is 1. The van der Waals surface area contributed by atoms with Crippen LogP contribution in [0, 0.1) is 5.92 Å². The minimum absolute atomic E-state index is 0.160. The van der Waals surface area contributed by atoms with Gasteiger partial charge in [0.15, 0.2) is 0 Å². The van der Waals surface area contributed by atoms with Crippen LogP contribution in [0.5, 0.6) is 0 Å². The summed E-state index contributed by atoms with van der Waals surface area (Å²) in [7, 11) is -3.70. The lowest BCUT2D eigenvalue weighted by Crippen LogP contribution is -2.43. The van der Waals surface area contributed by atoms with Crippen LogP contribution in [0.15, 0.2) is 50.5 Å². The maximum atomic E-state index is 13.2. The normalized spacial score (nSPS) is 17.7. The Morgan fingerprint density at radius 3 is 2.87 bits per heavy atom. The number of hydrogen-bond donors (Lipinski definition) is 1. The molecule has 1 atom stereocenters. The van der Waals surface area contributed by atoms with Gasteiger partial charge in [0.1, 0.15) is 4.21 Å². The fraction of sp³-hybridized carbons (Fsp3) is 0.350. The van der Waals surface area contributed by atoms with Gasteiger partial charge in [-0.15, -0.1) is 11.3 Å². The smallest absolute Gasteiger partial charge is 0.252 e. The first-order chi connectivity index (χ1) is 14.5. The van der Waals surface area contributed by atoms with Crippen molar-refractivity contribution in [2.24, 2.45) is 5.92 Å². The number of para-hydroxylation sites is 1. The summed E-state index contributed by atoms with van der Waals surface area (Å²) < 4.78 is 33.0. The van der Waals surface area contributed by atoms with E-state index in [2.05, 4.69) is 15.5 Å². The lowest BCUT2D eigenvalue weighted by molar-refractivity contribution is -0.120. The largest absolute Gasteiger partial charge is 0.339 e. The van der Waals surface area contributed by atoms with Gasteiger partial charge in [0.25, 0.3) is 10.0 Å². The molecule has 8 nitrogen and oxygen atoms in total. The molecule has 0 spiro atoms. The van der Waals surface area contributed by atoms with Crippen LogP contribution in [0.25, 0.3) is 11.4 Å². The number of thiophene rings is 1. The fourth-order valence-corrected chi connectivity index (χ4v) is 6.19. The van der Waals surface area contributed by atoms with Crippen molar-refractivity contribution in [1.29, 1.82) is 0 Å². The third-order valence-electron chi connectivity index (χ3n) is 4.99. The van der Waals surface area contributed by atoms with E-state index >= 15 is 0 Å². The summed E-state index contributed by atoms with van der Waals surface area (Å²) in [6.07, 6.45) is 1.90. The van der Waals surface area contributed by atoms with Gasteiger partial charge in [0, 0.05) is 36.1 Å². The number of nitrogens with zero attached hydrogens (tertiary/aromatic N) is 3. The van der Waals surface area contributed by atoms with E-state index in [1.807, 2.05) is 37.3 Å². The van der Waals surface area contributed by atoms with Gasteiger partial charge in [0.2, 0.25) is 17.6 Å². The molecule has 1 aromatic carbocycles. The maximum Gasteiger partial charge on any atom is 0.252 e. The quantitative estimate of drug-likeness (QED) is 0.622. The van der Waals surface area contributed by atoms with Gasteiger partial charge >= 0.3 is 0 Å². The van der Waals surface area contributed by atoms with Crippen LogP contribution in [0.3, 0.4) is 0 Å². The van der Waals surface area contributed by atoms with E-state index < -0.39 is 15.9 Å². The average Bonchev–Trinajstić information content (AvgIpc) is 3.44. The number of amides is 1. The molecule has 0 aliphatic carbocycles. The molecule has 1 aliphatic rings. The lowest BCUT2D eigenvalue weighted by atomic mass is 9.99. The van der Waals surface area contributed by atoms with E-state index in [1.54, 1.807) is 11.4 Å². The zero-order valence-electron chi connectivity index (χ0n) is 16.4. The van der Waals surface area contributed by atoms with Gasteiger partial charge in [-0.25, -0.2) is 8.42 Å². The predicted molar refractivity (Wildman–Crippen MR) is 114 cm³/mol. The Balaban J connectivity index is 1.48. The lowest BCUT2D eigenvalue weighted by Gasteiger charge is -2.30. The molecule has 10 heteroatoms. The fourth-order valence-electron chi connectivity index (χ4n) is 3.35. The zero-order chi connectivity index (χ0) is 21.1. The van der Waals surface area contributed by atoms with Gasteiger partial charge in [-0.1, -0.05) is 30.3 Å². The van der Waals surface area contributed by atoms with E-state index in [4.69, 9.17) is 4.52 Å². The molecule has 1 saturated heterocycles. The van der Waals surface area contributed by atoms with Crippen molar-refractivity contribution in [2.45, 2.75) is 30.4 Å². The van der Waals surface area contributed by atoms with Crippen molar-refractivity contribution in [3.05, 3.63) is 47.7 Å². The van der Waals surface area contributed by atoms with Crippen LogP contribution in [0.1, 0.15) is 25.7 Å². The molecule has 1 aliphatic heterocycles. The van der Waals surface area contributed by atoms with Crippen LogP contribution >= 0.6 is 11.3 Å². The van der Waals surface area contributed by atoms with Crippen LogP contribution < -0.4 is 5.32 Å². The number of sulfonamides is 1. The summed E-state index contributed by atoms with van der Waals surface area (Å²) in [5, 5.41) is 8.48. The van der Waals surface area contributed by atoms with E-state index in [0.29, 0.717) is 48.8 Å². The Morgan fingerprint density at radius 2 is 2.13 bits per heavy atom. The van der Waals surface area contributed by atoms with Gasteiger partial charge in [0.05, 0.1) is 5.92 Å². The van der Waals surface area contributed by atoms with Crippen molar-refractivity contribution < 1.29 is 17.7 Å². The average molecular weight is 447 g/mol. The minimum Gasteiger partial charge on any atom is -0.339 e. The number of hydrogen-bond acceptors (Lipinski definition) is 7. The third-order valence-corrected chi connectivity index (χ3v) is 8.27. The minimum atomic E-state index is -3.70. The summed E-state index contributed by atoms with van der Waals surface area (Å²) >= 11 is 1.12. The second-order valence-corrected chi connectivity index (χ2v) is 10.2. The predicted octanol–water partition coefficient (Wildman–Crippen LogP) is 3.40. The number of piperidine rings is 1. The molecule has 0 unspecified atom stereocenters. The van der Waals surface area contributed by atoms with Crippen molar-refractivity contribution >= 4 is 33.0 Å². The topological polar surface area (TPSA) is 105 Å². The Hall–Kier alpha value is -2.56. The van der Waals surface area contributed by atoms with E-state index in [1.165, 1.54) is 4.31 Å². The zero-order valence-corrected chi connectivity index (χ0v) is 18.1. The molecule has 158 valence electrons. The monoisotopic (exact) mass is 446 g/mol. The number of anilines is 1. The van der Waals surface area contributed by atoms with Gasteiger partial charge in [-0.2, -0.15) is 9.29 Å². The molecule has 1 amide bonds. The van der Waals surface area contributed by atoms with Crippen molar-refractivity contribution in [3.8, 4) is 11.4 Å². The molecule has 1 fully saturated rings. The molecule has 1 N–H and O–H groups in total. The molecule has 3 heterocycles. The first kappa shape index (κ1) is 20.7. The molecule has 4 rings (SSSR count). The highest BCUT2D eigenvalue weighted by Crippen LogP contribution is 2.31. The molecular weight excluding hydrogens is 424 g/mol. The second-order valence-electron chi connectivity index (χ2n) is 7.08. The molecule has 30 heavy (non-hydrogen) atoms. The van der Waals surface area contributed by atoms with Crippen molar-refractivity contribution in [3.63, 3.8) is 0 Å². The van der Waals surface area contributed by atoms with E-state index in [-0.39, 0.29) is 16.7 Å². The molecule has 0 radical (unpaired) electrons. The summed E-state index contributed by atoms with van der Waals surface area (Å²) in [5.41, 5.74) is 1.31. The molecule has 0 bridgehead atoms. The summed E-state index contributed by atoms with van der Waals surface area (Å²) in [5.74, 6) is 0.330. The standard InChI is InChI=1S/C20H22N4O4S2/c1-2-17-22-19(23-28-17)15-11-18(29-13-15)30(26,27)24-10-6-7-14(12-24)20(25)21-16-8-4-3-5-9-16/h3-5,8-9,11,13-14H,2,6-7,10,12H2,1H3,(H,21,25)/t14-/m0/s1.